The molecule has 1 aliphatic rings. The third-order valence-electron chi connectivity index (χ3n) is 4.21. The molecule has 0 bridgehead atoms. The monoisotopic (exact) mass is 353 g/mol. The van der Waals surface area contributed by atoms with Crippen LogP contribution >= 0.6 is 12.2 Å². The molecule has 0 radical (unpaired) electrons. The Morgan fingerprint density at radius 1 is 1.00 bits per heavy atom. The third kappa shape index (κ3) is 3.85. The van der Waals surface area contributed by atoms with Crippen LogP contribution < -0.4 is 16.0 Å². The fourth-order valence-electron chi connectivity index (χ4n) is 2.87. The summed E-state index contributed by atoms with van der Waals surface area (Å²) in [6, 6.07) is 16.9. The van der Waals surface area contributed by atoms with E-state index in [-0.39, 0.29) is 5.11 Å². The van der Waals surface area contributed by atoms with Gasteiger partial charge in [-0.3, -0.25) is 9.59 Å². The highest BCUT2D eigenvalue weighted by atomic mass is 32.1. The van der Waals surface area contributed by atoms with E-state index in [2.05, 4.69) is 22.9 Å². The zero-order chi connectivity index (χ0) is 17.8. The molecule has 5 nitrogen and oxygen atoms in total. The van der Waals surface area contributed by atoms with E-state index in [1.807, 2.05) is 54.6 Å². The Balaban J connectivity index is 1.97. The Kier molecular flexibility index (Phi) is 5.09. The molecule has 0 saturated carbocycles. The summed E-state index contributed by atoms with van der Waals surface area (Å²) in [4.78, 5) is 24.9. The molecule has 1 heterocycles. The van der Waals surface area contributed by atoms with Gasteiger partial charge in [0.1, 0.15) is 5.92 Å². The first-order valence-electron chi connectivity index (χ1n) is 8.14. The second-order valence-corrected chi connectivity index (χ2v) is 6.28. The minimum atomic E-state index is -0.917. The van der Waals surface area contributed by atoms with Gasteiger partial charge in [-0.2, -0.15) is 0 Å². The number of rotatable bonds is 5. The molecule has 1 fully saturated rings. The number of hydrogen-bond acceptors (Lipinski definition) is 4. The molecule has 2 aromatic carbocycles. The van der Waals surface area contributed by atoms with Crippen molar-refractivity contribution in [3.63, 3.8) is 0 Å². The molecule has 1 saturated heterocycles. The fraction of sp³-hybridized carbons (Fsp3) is 0.211. The van der Waals surface area contributed by atoms with Crippen LogP contribution in [-0.4, -0.2) is 16.9 Å². The predicted molar refractivity (Wildman–Crippen MR) is 101 cm³/mol. The van der Waals surface area contributed by atoms with Crippen LogP contribution in [-0.2, 0) is 16.0 Å². The van der Waals surface area contributed by atoms with Gasteiger partial charge < -0.3 is 16.0 Å². The van der Waals surface area contributed by atoms with E-state index in [1.54, 1.807) is 0 Å². The summed E-state index contributed by atoms with van der Waals surface area (Å²) in [5.74, 6) is -1.72. The summed E-state index contributed by atoms with van der Waals surface area (Å²) >= 11 is 4.89. The topological polar surface area (TPSA) is 70.2 Å². The van der Waals surface area contributed by atoms with E-state index >= 15 is 0 Å². The van der Waals surface area contributed by atoms with Gasteiger partial charge in [-0.05, 0) is 41.9 Å². The number of aryl methyl sites for hydroxylation is 1. The second-order valence-electron chi connectivity index (χ2n) is 5.87. The van der Waals surface area contributed by atoms with Gasteiger partial charge in [0, 0.05) is 5.69 Å². The van der Waals surface area contributed by atoms with Gasteiger partial charge >= 0.3 is 0 Å². The molecule has 1 aliphatic heterocycles. The van der Waals surface area contributed by atoms with Crippen LogP contribution in [0.2, 0.25) is 0 Å². The molecule has 0 aliphatic carbocycles. The summed E-state index contributed by atoms with van der Waals surface area (Å²) in [5.41, 5.74) is 2.89. The maximum atomic E-state index is 12.4. The summed E-state index contributed by atoms with van der Waals surface area (Å²) < 4.78 is 0. The quantitative estimate of drug-likeness (QED) is 0.571. The number of benzene rings is 2. The lowest BCUT2D eigenvalue weighted by molar-refractivity contribution is -0.135. The molecule has 6 heteroatoms. The molecule has 25 heavy (non-hydrogen) atoms. The first-order valence-corrected chi connectivity index (χ1v) is 8.55. The molecule has 1 atom stereocenters. The van der Waals surface area contributed by atoms with Crippen molar-refractivity contribution in [2.24, 2.45) is 5.92 Å². The highest BCUT2D eigenvalue weighted by Crippen LogP contribution is 2.29. The Morgan fingerprint density at radius 2 is 1.60 bits per heavy atom. The average Bonchev–Trinajstić information content (AvgIpc) is 2.61. The summed E-state index contributed by atoms with van der Waals surface area (Å²) in [7, 11) is 0. The first kappa shape index (κ1) is 17.1. The first-order chi connectivity index (χ1) is 12.1. The van der Waals surface area contributed by atoms with Crippen molar-refractivity contribution in [3.05, 3.63) is 65.7 Å². The minimum Gasteiger partial charge on any atom is -0.377 e. The number of hydrogen-bond donors (Lipinski definition) is 3. The summed E-state index contributed by atoms with van der Waals surface area (Å²) in [6.07, 6.45) is 0.926. The summed E-state index contributed by atoms with van der Waals surface area (Å²) in [6.45, 7) is 2.08. The number of thiocarbonyl (C=S) groups is 1. The van der Waals surface area contributed by atoms with Crippen molar-refractivity contribution >= 4 is 34.8 Å². The van der Waals surface area contributed by atoms with Crippen molar-refractivity contribution in [2.75, 3.05) is 5.32 Å². The number of anilines is 1. The molecule has 0 spiro atoms. The van der Waals surface area contributed by atoms with E-state index < -0.39 is 23.8 Å². The average molecular weight is 353 g/mol. The Bertz CT molecular complexity index is 770. The highest BCUT2D eigenvalue weighted by Gasteiger charge is 2.39. The van der Waals surface area contributed by atoms with Crippen LogP contribution in [0.4, 0.5) is 5.69 Å². The van der Waals surface area contributed by atoms with E-state index in [0.29, 0.717) is 0 Å². The molecular formula is C19H19N3O2S. The van der Waals surface area contributed by atoms with Crippen LogP contribution in [0.3, 0.4) is 0 Å². The van der Waals surface area contributed by atoms with Gasteiger partial charge in [-0.15, -0.1) is 0 Å². The zero-order valence-corrected chi connectivity index (χ0v) is 14.6. The predicted octanol–water partition coefficient (Wildman–Crippen LogP) is 2.55. The van der Waals surface area contributed by atoms with Crippen LogP contribution in [0.5, 0.6) is 0 Å². The van der Waals surface area contributed by atoms with E-state index in [0.717, 1.165) is 17.7 Å². The van der Waals surface area contributed by atoms with Gasteiger partial charge in [0.15, 0.2) is 5.11 Å². The molecule has 3 N–H and O–H groups in total. The van der Waals surface area contributed by atoms with Crippen LogP contribution in [0.15, 0.2) is 54.6 Å². The number of amides is 2. The van der Waals surface area contributed by atoms with Gasteiger partial charge in [-0.1, -0.05) is 49.4 Å². The molecule has 0 aromatic heterocycles. The smallest absolute Gasteiger partial charge is 0.241 e. The van der Waals surface area contributed by atoms with E-state index in [1.165, 1.54) is 5.56 Å². The van der Waals surface area contributed by atoms with Crippen molar-refractivity contribution in [2.45, 2.75) is 19.4 Å². The third-order valence-corrected chi connectivity index (χ3v) is 4.42. The van der Waals surface area contributed by atoms with Crippen LogP contribution in [0.25, 0.3) is 0 Å². The highest BCUT2D eigenvalue weighted by molar-refractivity contribution is 7.80. The molecule has 128 valence electrons. The largest absolute Gasteiger partial charge is 0.377 e. The van der Waals surface area contributed by atoms with Crippen molar-refractivity contribution in [3.8, 4) is 0 Å². The lowest BCUT2D eigenvalue weighted by atomic mass is 9.89. The number of carbonyl (C=O) groups excluding carboxylic acids is 2. The van der Waals surface area contributed by atoms with Crippen LogP contribution in [0, 0.1) is 5.92 Å². The molecule has 2 amide bonds. The van der Waals surface area contributed by atoms with Gasteiger partial charge in [0.05, 0.1) is 6.04 Å². The lowest BCUT2D eigenvalue weighted by Crippen LogP contribution is -2.57. The second kappa shape index (κ2) is 7.44. The van der Waals surface area contributed by atoms with Crippen molar-refractivity contribution in [1.29, 1.82) is 0 Å². The minimum absolute atomic E-state index is 0.0473. The zero-order valence-electron chi connectivity index (χ0n) is 13.8. The number of nitrogens with one attached hydrogen (secondary N) is 3. The Morgan fingerprint density at radius 3 is 2.16 bits per heavy atom. The SMILES string of the molecule is CCc1ccc(C(Nc2ccccc2)C2C(=O)NC(=S)NC2=O)cc1. The maximum absolute atomic E-state index is 12.4. The fourth-order valence-corrected chi connectivity index (χ4v) is 3.07. The van der Waals surface area contributed by atoms with Gasteiger partial charge in [-0.25, -0.2) is 0 Å². The van der Waals surface area contributed by atoms with Gasteiger partial charge in [0.2, 0.25) is 11.8 Å². The number of para-hydroxylation sites is 1. The molecule has 1 unspecified atom stereocenters. The van der Waals surface area contributed by atoms with Crippen molar-refractivity contribution < 1.29 is 9.59 Å². The number of carbonyl (C=O) groups is 2. The van der Waals surface area contributed by atoms with Gasteiger partial charge in [0.25, 0.3) is 0 Å². The Hall–Kier alpha value is -2.73. The van der Waals surface area contributed by atoms with Crippen LogP contribution in [0.1, 0.15) is 24.1 Å². The van der Waals surface area contributed by atoms with Crippen molar-refractivity contribution in [1.82, 2.24) is 10.6 Å². The maximum Gasteiger partial charge on any atom is 0.241 e. The van der Waals surface area contributed by atoms with E-state index in [4.69, 9.17) is 12.2 Å². The molecule has 3 rings (SSSR count). The van der Waals surface area contributed by atoms with E-state index in [9.17, 15) is 9.59 Å². The Labute approximate surface area is 151 Å². The summed E-state index contributed by atoms with van der Waals surface area (Å²) in [5, 5.41) is 8.44. The molecule has 2 aromatic rings. The standard InChI is InChI=1S/C19H19N3O2S/c1-2-12-8-10-13(11-9-12)16(20-14-6-4-3-5-7-14)15-17(23)21-19(25)22-18(15)24/h3-11,15-16,20H,2H2,1H3,(H2,21,22,23,24,25). The molecular weight excluding hydrogens is 334 g/mol. The lowest BCUT2D eigenvalue weighted by Gasteiger charge is -2.31. The normalized spacial score (nSPS) is 16.1.